The van der Waals surface area contributed by atoms with E-state index in [1.807, 2.05) is 12.1 Å². The summed E-state index contributed by atoms with van der Waals surface area (Å²) in [5.41, 5.74) is 1.38. The van der Waals surface area contributed by atoms with Gasteiger partial charge in [-0.1, -0.05) is 19.8 Å². The van der Waals surface area contributed by atoms with Crippen molar-refractivity contribution in [1.82, 2.24) is 4.98 Å². The van der Waals surface area contributed by atoms with Crippen molar-refractivity contribution in [2.24, 2.45) is 5.92 Å². The van der Waals surface area contributed by atoms with Gasteiger partial charge in [-0.05, 0) is 30.9 Å². The van der Waals surface area contributed by atoms with Crippen LogP contribution < -0.4 is 5.32 Å². The largest absolute Gasteiger partial charge is 0.380 e. The molecule has 1 heterocycles. The van der Waals surface area contributed by atoms with Crippen LogP contribution >= 0.6 is 0 Å². The van der Waals surface area contributed by atoms with E-state index in [1.165, 1.54) is 25.7 Å². The van der Waals surface area contributed by atoms with Gasteiger partial charge in [-0.15, -0.1) is 0 Å². The predicted octanol–water partition coefficient (Wildman–Crippen LogP) is 2.94. The lowest BCUT2D eigenvalue weighted by Crippen LogP contribution is -2.26. The third-order valence-corrected chi connectivity index (χ3v) is 3.21. The van der Waals surface area contributed by atoms with Gasteiger partial charge in [-0.25, -0.2) is 4.98 Å². The number of anilines is 1. The quantitative estimate of drug-likeness (QED) is 0.825. The van der Waals surface area contributed by atoms with Crippen LogP contribution in [0.15, 0.2) is 18.3 Å². The Kier molecular flexibility index (Phi) is 3.40. The van der Waals surface area contributed by atoms with Gasteiger partial charge >= 0.3 is 0 Å². The molecule has 1 aromatic heterocycles. The lowest BCUT2D eigenvalue weighted by molar-refractivity contribution is 0.358. The molecule has 0 radical (unpaired) electrons. The Morgan fingerprint density at radius 2 is 2.38 bits per heavy atom. The summed E-state index contributed by atoms with van der Waals surface area (Å²) >= 11 is 0. The van der Waals surface area contributed by atoms with Crippen LogP contribution in [0, 0.1) is 17.2 Å². The Labute approximate surface area is 96.5 Å². The van der Waals surface area contributed by atoms with Crippen LogP contribution in [0.2, 0.25) is 0 Å². The molecule has 1 aliphatic rings. The van der Waals surface area contributed by atoms with E-state index in [1.54, 1.807) is 6.20 Å². The molecule has 0 spiro atoms. The second-order valence-corrected chi connectivity index (χ2v) is 4.62. The Bertz CT molecular complexity index is 394. The minimum atomic E-state index is 0.500. The van der Waals surface area contributed by atoms with Gasteiger partial charge < -0.3 is 5.32 Å². The van der Waals surface area contributed by atoms with Crippen molar-refractivity contribution < 1.29 is 0 Å². The standard InChI is InChI=1S/C13H17N3/c1-10-4-2-5-11(8-10)16-12-6-3-7-15-13(12)9-14/h3,6-7,10-11,16H,2,4-5,8H2,1H3. The van der Waals surface area contributed by atoms with Gasteiger partial charge in [0.15, 0.2) is 5.69 Å². The van der Waals surface area contributed by atoms with Crippen LogP contribution in [0.3, 0.4) is 0 Å². The highest BCUT2D eigenvalue weighted by atomic mass is 14.9. The van der Waals surface area contributed by atoms with Crippen molar-refractivity contribution in [2.75, 3.05) is 5.32 Å². The van der Waals surface area contributed by atoms with Gasteiger partial charge in [0, 0.05) is 12.2 Å². The molecule has 2 unspecified atom stereocenters. The zero-order valence-corrected chi connectivity index (χ0v) is 9.61. The zero-order valence-electron chi connectivity index (χ0n) is 9.61. The topological polar surface area (TPSA) is 48.7 Å². The first-order valence-corrected chi connectivity index (χ1v) is 5.91. The molecule has 0 amide bonds. The number of aromatic nitrogens is 1. The second-order valence-electron chi connectivity index (χ2n) is 4.62. The third kappa shape index (κ3) is 2.52. The number of nitrogens with one attached hydrogen (secondary N) is 1. The number of nitriles is 1. The number of rotatable bonds is 2. The normalized spacial score (nSPS) is 24.8. The van der Waals surface area contributed by atoms with Crippen LogP contribution in [-0.2, 0) is 0 Å². The summed E-state index contributed by atoms with van der Waals surface area (Å²) in [6.45, 7) is 2.29. The van der Waals surface area contributed by atoms with Gasteiger partial charge in [0.05, 0.1) is 5.69 Å². The van der Waals surface area contributed by atoms with E-state index < -0.39 is 0 Å². The fourth-order valence-corrected chi connectivity index (χ4v) is 2.40. The Hall–Kier alpha value is -1.56. The highest BCUT2D eigenvalue weighted by Gasteiger charge is 2.19. The van der Waals surface area contributed by atoms with E-state index >= 15 is 0 Å². The van der Waals surface area contributed by atoms with Crippen molar-refractivity contribution in [1.29, 1.82) is 5.26 Å². The number of hydrogen-bond donors (Lipinski definition) is 1. The lowest BCUT2D eigenvalue weighted by atomic mass is 9.87. The molecule has 0 aromatic carbocycles. The molecule has 0 bridgehead atoms. The highest BCUT2D eigenvalue weighted by molar-refractivity contribution is 5.53. The van der Waals surface area contributed by atoms with Crippen molar-refractivity contribution in [3.05, 3.63) is 24.0 Å². The number of pyridine rings is 1. The van der Waals surface area contributed by atoms with Crippen molar-refractivity contribution in [3.63, 3.8) is 0 Å². The average molecular weight is 215 g/mol. The molecule has 1 aromatic rings. The summed E-state index contributed by atoms with van der Waals surface area (Å²) in [5.74, 6) is 0.786. The summed E-state index contributed by atoms with van der Waals surface area (Å²) in [6, 6.07) is 6.43. The molecule has 1 N–H and O–H groups in total. The molecular formula is C13H17N3. The molecule has 16 heavy (non-hydrogen) atoms. The maximum absolute atomic E-state index is 8.95. The van der Waals surface area contributed by atoms with Crippen LogP contribution in [0.4, 0.5) is 5.69 Å². The second kappa shape index (κ2) is 4.98. The fraction of sp³-hybridized carbons (Fsp3) is 0.538. The molecular weight excluding hydrogens is 198 g/mol. The average Bonchev–Trinajstić information content (AvgIpc) is 2.30. The van der Waals surface area contributed by atoms with E-state index in [0.29, 0.717) is 11.7 Å². The predicted molar refractivity (Wildman–Crippen MR) is 64.0 cm³/mol. The number of hydrogen-bond acceptors (Lipinski definition) is 3. The first-order valence-electron chi connectivity index (χ1n) is 5.91. The van der Waals surface area contributed by atoms with Crippen LogP contribution in [0.5, 0.6) is 0 Å². The Morgan fingerprint density at radius 3 is 3.12 bits per heavy atom. The molecule has 0 aliphatic heterocycles. The first-order chi connectivity index (χ1) is 7.79. The summed E-state index contributed by atoms with van der Waals surface area (Å²) < 4.78 is 0. The van der Waals surface area contributed by atoms with Gasteiger partial charge in [0.2, 0.25) is 0 Å². The van der Waals surface area contributed by atoms with E-state index in [0.717, 1.165) is 11.6 Å². The zero-order chi connectivity index (χ0) is 11.4. The maximum atomic E-state index is 8.95. The maximum Gasteiger partial charge on any atom is 0.163 e. The van der Waals surface area contributed by atoms with E-state index in [-0.39, 0.29) is 0 Å². The fourth-order valence-electron chi connectivity index (χ4n) is 2.40. The van der Waals surface area contributed by atoms with Crippen LogP contribution in [-0.4, -0.2) is 11.0 Å². The van der Waals surface area contributed by atoms with E-state index in [9.17, 15) is 0 Å². The van der Waals surface area contributed by atoms with E-state index in [2.05, 4.69) is 23.3 Å². The molecule has 2 rings (SSSR count). The van der Waals surface area contributed by atoms with Crippen molar-refractivity contribution in [3.8, 4) is 6.07 Å². The molecule has 1 fully saturated rings. The number of nitrogens with zero attached hydrogens (tertiary/aromatic N) is 2. The molecule has 0 saturated heterocycles. The molecule has 1 saturated carbocycles. The summed E-state index contributed by atoms with van der Waals surface area (Å²) in [4.78, 5) is 4.06. The van der Waals surface area contributed by atoms with Gasteiger partial charge in [0.1, 0.15) is 6.07 Å². The summed E-state index contributed by atoms with van der Waals surface area (Å²) in [5, 5.41) is 12.4. The Morgan fingerprint density at radius 1 is 1.50 bits per heavy atom. The molecule has 1 aliphatic carbocycles. The third-order valence-electron chi connectivity index (χ3n) is 3.21. The van der Waals surface area contributed by atoms with Crippen molar-refractivity contribution >= 4 is 5.69 Å². The molecule has 3 nitrogen and oxygen atoms in total. The monoisotopic (exact) mass is 215 g/mol. The van der Waals surface area contributed by atoms with Crippen LogP contribution in [0.25, 0.3) is 0 Å². The smallest absolute Gasteiger partial charge is 0.163 e. The van der Waals surface area contributed by atoms with Gasteiger partial charge in [0.25, 0.3) is 0 Å². The van der Waals surface area contributed by atoms with Crippen molar-refractivity contribution in [2.45, 2.75) is 38.6 Å². The highest BCUT2D eigenvalue weighted by Crippen LogP contribution is 2.26. The minimum Gasteiger partial charge on any atom is -0.380 e. The van der Waals surface area contributed by atoms with Gasteiger partial charge in [-0.3, -0.25) is 0 Å². The van der Waals surface area contributed by atoms with Gasteiger partial charge in [-0.2, -0.15) is 5.26 Å². The van der Waals surface area contributed by atoms with Crippen LogP contribution in [0.1, 0.15) is 38.3 Å². The minimum absolute atomic E-state index is 0.500. The first kappa shape index (κ1) is 10.9. The molecule has 3 heteroatoms. The lowest BCUT2D eigenvalue weighted by Gasteiger charge is -2.28. The van der Waals surface area contributed by atoms with E-state index in [4.69, 9.17) is 5.26 Å². The SMILES string of the molecule is CC1CCCC(Nc2cccnc2C#N)C1. The molecule has 2 atom stereocenters. The summed E-state index contributed by atoms with van der Waals surface area (Å²) in [6.07, 6.45) is 6.66. The summed E-state index contributed by atoms with van der Waals surface area (Å²) in [7, 11) is 0. The Balaban J connectivity index is 2.06. The molecule has 84 valence electrons.